The van der Waals surface area contributed by atoms with Crippen LogP contribution in [0.15, 0.2) is 60.7 Å². The van der Waals surface area contributed by atoms with E-state index >= 15 is 0 Å². The van der Waals surface area contributed by atoms with E-state index in [4.69, 9.17) is 12.2 Å². The Balaban J connectivity index is 2.13. The molecular weight excluding hydrogens is 320 g/mol. The second-order valence-corrected chi connectivity index (χ2v) is 7.01. The van der Waals surface area contributed by atoms with E-state index < -0.39 is 0 Å². The summed E-state index contributed by atoms with van der Waals surface area (Å²) in [5, 5.41) is 0. The van der Waals surface area contributed by atoms with Gasteiger partial charge in [-0.2, -0.15) is 11.8 Å². The lowest BCUT2D eigenvalue weighted by Crippen LogP contribution is -2.03. The Bertz CT molecular complexity index is 804. The van der Waals surface area contributed by atoms with Crippen molar-refractivity contribution in [2.75, 3.05) is 11.5 Å². The van der Waals surface area contributed by atoms with Gasteiger partial charge in [-0.05, 0) is 18.0 Å². The van der Waals surface area contributed by atoms with Gasteiger partial charge in [0.05, 0.1) is 11.4 Å². The van der Waals surface area contributed by atoms with Crippen molar-refractivity contribution in [2.45, 2.75) is 13.5 Å². The van der Waals surface area contributed by atoms with Crippen LogP contribution < -0.4 is 0 Å². The minimum atomic E-state index is 0.791. The molecule has 3 aromatic rings. The normalized spacial score (nSPS) is 10.8. The van der Waals surface area contributed by atoms with Crippen LogP contribution in [0.25, 0.3) is 22.5 Å². The van der Waals surface area contributed by atoms with Gasteiger partial charge in [-0.1, -0.05) is 67.6 Å². The lowest BCUT2D eigenvalue weighted by molar-refractivity contribution is 0.765. The third kappa shape index (κ3) is 3.59. The molecule has 0 atom stereocenters. The van der Waals surface area contributed by atoms with Gasteiger partial charge in [0.25, 0.3) is 0 Å². The van der Waals surface area contributed by atoms with Crippen molar-refractivity contribution in [3.05, 3.63) is 65.4 Å². The Morgan fingerprint density at radius 1 is 0.957 bits per heavy atom. The predicted octanol–water partition coefficient (Wildman–Crippen LogP) is 5.63. The third-order valence-corrected chi connectivity index (χ3v) is 4.96. The molecule has 1 N–H and O–H groups in total. The molecular formula is C19H20N2S2. The average molecular weight is 341 g/mol. The fraction of sp³-hybridized carbons (Fsp3) is 0.211. The molecule has 0 bridgehead atoms. The quantitative estimate of drug-likeness (QED) is 0.463. The van der Waals surface area contributed by atoms with Crippen LogP contribution in [0.3, 0.4) is 0 Å². The van der Waals surface area contributed by atoms with Crippen LogP contribution in [-0.4, -0.2) is 21.1 Å². The van der Waals surface area contributed by atoms with Crippen LogP contribution >= 0.6 is 24.0 Å². The molecule has 4 heteroatoms. The van der Waals surface area contributed by atoms with Gasteiger partial charge in [0.1, 0.15) is 0 Å². The topological polar surface area (TPSA) is 20.7 Å². The second-order valence-electron chi connectivity index (χ2n) is 5.23. The molecule has 23 heavy (non-hydrogen) atoms. The summed E-state index contributed by atoms with van der Waals surface area (Å²) in [6.07, 6.45) is 0. The molecule has 0 saturated heterocycles. The SMILES string of the molecule is CCSCCn1c(-c2ccccc2)c(-c2ccccc2)[nH]c1=S. The van der Waals surface area contributed by atoms with Crippen molar-refractivity contribution in [3.8, 4) is 22.5 Å². The first-order valence-corrected chi connectivity index (χ1v) is 9.39. The predicted molar refractivity (Wildman–Crippen MR) is 103 cm³/mol. The summed E-state index contributed by atoms with van der Waals surface area (Å²) in [7, 11) is 0. The summed E-state index contributed by atoms with van der Waals surface area (Å²) < 4.78 is 3.02. The molecule has 118 valence electrons. The van der Waals surface area contributed by atoms with Crippen molar-refractivity contribution < 1.29 is 0 Å². The first-order chi connectivity index (χ1) is 11.3. The summed E-state index contributed by atoms with van der Waals surface area (Å²) in [5.74, 6) is 2.20. The lowest BCUT2D eigenvalue weighted by atomic mass is 10.0. The fourth-order valence-corrected chi connectivity index (χ4v) is 3.58. The summed E-state index contributed by atoms with van der Waals surface area (Å²) in [5.41, 5.74) is 4.64. The number of rotatable bonds is 6. The molecule has 0 unspecified atom stereocenters. The molecule has 0 aliphatic carbocycles. The second kappa shape index (κ2) is 7.66. The highest BCUT2D eigenvalue weighted by Crippen LogP contribution is 2.31. The van der Waals surface area contributed by atoms with Crippen molar-refractivity contribution in [3.63, 3.8) is 0 Å². The average Bonchev–Trinajstić information content (AvgIpc) is 2.93. The minimum absolute atomic E-state index is 0.791. The van der Waals surface area contributed by atoms with E-state index in [9.17, 15) is 0 Å². The van der Waals surface area contributed by atoms with Crippen LogP contribution in [0.5, 0.6) is 0 Å². The van der Waals surface area contributed by atoms with Gasteiger partial charge in [0.15, 0.2) is 4.77 Å². The number of hydrogen-bond donors (Lipinski definition) is 1. The summed E-state index contributed by atoms with van der Waals surface area (Å²) in [6, 6.07) is 20.9. The molecule has 3 rings (SSSR count). The number of nitrogens with zero attached hydrogens (tertiary/aromatic N) is 1. The van der Waals surface area contributed by atoms with Crippen LogP contribution in [0, 0.1) is 4.77 Å². The first-order valence-electron chi connectivity index (χ1n) is 7.82. The van der Waals surface area contributed by atoms with E-state index in [1.165, 1.54) is 16.8 Å². The molecule has 0 aliphatic heterocycles. The van der Waals surface area contributed by atoms with Crippen molar-refractivity contribution in [1.82, 2.24) is 9.55 Å². The number of hydrogen-bond acceptors (Lipinski definition) is 2. The molecule has 0 radical (unpaired) electrons. The van der Waals surface area contributed by atoms with E-state index in [0.29, 0.717) is 0 Å². The van der Waals surface area contributed by atoms with E-state index in [1.54, 1.807) is 0 Å². The van der Waals surface area contributed by atoms with Crippen molar-refractivity contribution >= 4 is 24.0 Å². The van der Waals surface area contributed by atoms with Crippen LogP contribution in [0.1, 0.15) is 6.92 Å². The standard InChI is InChI=1S/C19H20N2S2/c1-2-23-14-13-21-18(16-11-7-4-8-12-16)17(20-19(21)22)15-9-5-3-6-10-15/h3-12H,2,13-14H2,1H3,(H,20,22). The zero-order valence-corrected chi connectivity index (χ0v) is 14.8. The maximum atomic E-state index is 5.61. The van der Waals surface area contributed by atoms with Gasteiger partial charge in [0.2, 0.25) is 0 Å². The Labute approximate surface area is 146 Å². The van der Waals surface area contributed by atoms with E-state index in [1.807, 2.05) is 23.9 Å². The number of aromatic amines is 1. The number of imidazole rings is 1. The van der Waals surface area contributed by atoms with Gasteiger partial charge in [0, 0.05) is 23.4 Å². The van der Waals surface area contributed by atoms with Gasteiger partial charge < -0.3 is 9.55 Å². The van der Waals surface area contributed by atoms with Gasteiger partial charge in [-0.3, -0.25) is 0 Å². The molecule has 0 fully saturated rings. The highest BCUT2D eigenvalue weighted by Gasteiger charge is 2.15. The van der Waals surface area contributed by atoms with Gasteiger partial charge in [-0.15, -0.1) is 0 Å². The molecule has 0 spiro atoms. The number of thioether (sulfide) groups is 1. The molecule has 0 amide bonds. The number of benzene rings is 2. The minimum Gasteiger partial charge on any atom is -0.330 e. The molecule has 1 aromatic heterocycles. The maximum absolute atomic E-state index is 5.61. The molecule has 1 heterocycles. The largest absolute Gasteiger partial charge is 0.330 e. The fourth-order valence-electron chi connectivity index (χ4n) is 2.69. The summed E-state index contributed by atoms with van der Waals surface area (Å²) in [4.78, 5) is 3.42. The Morgan fingerprint density at radius 3 is 2.17 bits per heavy atom. The van der Waals surface area contributed by atoms with E-state index in [-0.39, 0.29) is 0 Å². The van der Waals surface area contributed by atoms with Crippen LogP contribution in [0.4, 0.5) is 0 Å². The van der Waals surface area contributed by atoms with Crippen molar-refractivity contribution in [1.29, 1.82) is 0 Å². The molecule has 2 nitrogen and oxygen atoms in total. The Hall–Kier alpha value is -1.78. The summed E-state index contributed by atoms with van der Waals surface area (Å²) >= 11 is 7.55. The number of aromatic nitrogens is 2. The smallest absolute Gasteiger partial charge is 0.178 e. The lowest BCUT2D eigenvalue weighted by Gasteiger charge is -2.10. The molecule has 0 saturated carbocycles. The van der Waals surface area contributed by atoms with Crippen LogP contribution in [0.2, 0.25) is 0 Å². The van der Waals surface area contributed by atoms with Crippen molar-refractivity contribution in [2.24, 2.45) is 0 Å². The monoisotopic (exact) mass is 340 g/mol. The number of nitrogens with one attached hydrogen (secondary N) is 1. The number of H-pyrrole nitrogens is 1. The zero-order valence-electron chi connectivity index (χ0n) is 13.2. The van der Waals surface area contributed by atoms with E-state index in [0.717, 1.165) is 28.5 Å². The van der Waals surface area contributed by atoms with E-state index in [2.05, 4.69) is 65.0 Å². The van der Waals surface area contributed by atoms with Gasteiger partial charge >= 0.3 is 0 Å². The highest BCUT2D eigenvalue weighted by atomic mass is 32.2. The first kappa shape index (κ1) is 16.1. The van der Waals surface area contributed by atoms with Crippen LogP contribution in [-0.2, 0) is 6.54 Å². The summed E-state index contributed by atoms with van der Waals surface area (Å²) in [6.45, 7) is 3.11. The molecule has 0 aliphatic rings. The molecule has 2 aromatic carbocycles. The Morgan fingerprint density at radius 2 is 1.57 bits per heavy atom. The zero-order chi connectivity index (χ0) is 16.1. The maximum Gasteiger partial charge on any atom is 0.178 e. The Kier molecular flexibility index (Phi) is 5.36. The third-order valence-electron chi connectivity index (χ3n) is 3.76. The highest BCUT2D eigenvalue weighted by molar-refractivity contribution is 7.99. The van der Waals surface area contributed by atoms with Gasteiger partial charge in [-0.25, -0.2) is 0 Å².